The third-order valence-corrected chi connectivity index (χ3v) is 5.13. The summed E-state index contributed by atoms with van der Waals surface area (Å²) < 4.78 is 4.91. The Bertz CT molecular complexity index is 1050. The number of hydrogen-bond acceptors (Lipinski definition) is 6. The van der Waals surface area contributed by atoms with Crippen molar-refractivity contribution in [3.8, 4) is 11.4 Å². The van der Waals surface area contributed by atoms with Crippen molar-refractivity contribution in [2.75, 3.05) is 7.11 Å². The monoisotopic (exact) mass is 411 g/mol. The number of tetrazole rings is 1. The van der Waals surface area contributed by atoms with E-state index in [4.69, 9.17) is 16.3 Å². The fourth-order valence-corrected chi connectivity index (χ4v) is 3.49. The van der Waals surface area contributed by atoms with Crippen molar-refractivity contribution in [1.29, 1.82) is 0 Å². The molecule has 1 unspecified atom stereocenters. The largest absolute Gasteiger partial charge is 0.467 e. The molecule has 4 rings (SSSR count). The lowest BCUT2D eigenvalue weighted by Gasteiger charge is -2.35. The number of carbonyl (C=O) groups is 2. The maximum Gasteiger partial charge on any atom is 0.328 e. The molecule has 148 valence electrons. The topological polar surface area (TPSA) is 90.2 Å². The fourth-order valence-electron chi connectivity index (χ4n) is 3.37. The van der Waals surface area contributed by atoms with Gasteiger partial charge in [-0.1, -0.05) is 35.9 Å². The number of methoxy groups -OCH3 is 1. The molecule has 1 aromatic heterocycles. The van der Waals surface area contributed by atoms with Gasteiger partial charge in [0, 0.05) is 23.6 Å². The molecule has 2 heterocycles. The van der Waals surface area contributed by atoms with E-state index in [-0.39, 0.29) is 12.5 Å². The van der Waals surface area contributed by atoms with Crippen molar-refractivity contribution >= 4 is 23.5 Å². The number of nitrogens with zero attached hydrogens (tertiary/aromatic N) is 5. The van der Waals surface area contributed by atoms with Crippen molar-refractivity contribution in [1.82, 2.24) is 25.1 Å². The molecule has 0 N–H and O–H groups in total. The number of carbonyl (C=O) groups excluding carboxylic acids is 2. The maximum absolute atomic E-state index is 13.0. The van der Waals surface area contributed by atoms with Gasteiger partial charge in [-0.3, -0.25) is 4.79 Å². The number of halogens is 1. The van der Waals surface area contributed by atoms with E-state index < -0.39 is 12.0 Å². The second kappa shape index (κ2) is 8.00. The molecule has 0 spiro atoms. The predicted molar refractivity (Wildman–Crippen MR) is 105 cm³/mol. The van der Waals surface area contributed by atoms with E-state index in [1.54, 1.807) is 24.3 Å². The quantitative estimate of drug-likeness (QED) is 0.611. The van der Waals surface area contributed by atoms with Crippen LogP contribution in [0.1, 0.15) is 11.1 Å². The number of esters is 1. The van der Waals surface area contributed by atoms with Crippen LogP contribution in [0, 0.1) is 0 Å². The predicted octanol–water partition coefficient (Wildman–Crippen LogP) is 2.12. The first kappa shape index (κ1) is 19.1. The normalized spacial score (nSPS) is 15.7. The van der Waals surface area contributed by atoms with Crippen molar-refractivity contribution < 1.29 is 14.3 Å². The molecule has 0 aliphatic carbocycles. The van der Waals surface area contributed by atoms with E-state index in [2.05, 4.69) is 15.4 Å². The van der Waals surface area contributed by atoms with Crippen LogP contribution >= 0.6 is 11.6 Å². The van der Waals surface area contributed by atoms with Crippen LogP contribution in [0.5, 0.6) is 0 Å². The van der Waals surface area contributed by atoms with Gasteiger partial charge < -0.3 is 9.64 Å². The van der Waals surface area contributed by atoms with Crippen LogP contribution < -0.4 is 0 Å². The minimum atomic E-state index is -0.679. The summed E-state index contributed by atoms with van der Waals surface area (Å²) in [6, 6.07) is 14.1. The number of amides is 1. The van der Waals surface area contributed by atoms with Gasteiger partial charge in [-0.2, -0.15) is 4.80 Å². The molecular formula is C20H18ClN5O3. The zero-order valence-electron chi connectivity index (χ0n) is 15.7. The van der Waals surface area contributed by atoms with Crippen LogP contribution in [0.2, 0.25) is 5.02 Å². The van der Waals surface area contributed by atoms with Gasteiger partial charge in [0.1, 0.15) is 12.6 Å². The lowest BCUT2D eigenvalue weighted by molar-refractivity contribution is -0.154. The molecule has 3 aromatic rings. The van der Waals surface area contributed by atoms with Crippen LogP contribution in [-0.4, -0.2) is 50.1 Å². The number of hydrogen-bond donors (Lipinski definition) is 0. The first-order valence-electron chi connectivity index (χ1n) is 9.03. The smallest absolute Gasteiger partial charge is 0.328 e. The molecule has 9 heteroatoms. The molecular weight excluding hydrogens is 394 g/mol. The molecule has 0 bridgehead atoms. The van der Waals surface area contributed by atoms with E-state index in [9.17, 15) is 9.59 Å². The van der Waals surface area contributed by atoms with Crippen molar-refractivity contribution in [2.45, 2.75) is 25.6 Å². The zero-order chi connectivity index (χ0) is 20.4. The Morgan fingerprint density at radius 1 is 1.14 bits per heavy atom. The molecule has 1 aliphatic rings. The Morgan fingerprint density at radius 2 is 1.86 bits per heavy atom. The van der Waals surface area contributed by atoms with E-state index in [1.807, 2.05) is 24.3 Å². The molecule has 0 saturated heterocycles. The van der Waals surface area contributed by atoms with E-state index >= 15 is 0 Å². The summed E-state index contributed by atoms with van der Waals surface area (Å²) in [5.74, 6) is -0.334. The molecule has 1 aliphatic heterocycles. The minimum absolute atomic E-state index is 0.129. The lowest BCUT2D eigenvalue weighted by Crippen LogP contribution is -2.50. The molecule has 29 heavy (non-hydrogen) atoms. The maximum atomic E-state index is 13.0. The second-order valence-corrected chi connectivity index (χ2v) is 7.12. The lowest BCUT2D eigenvalue weighted by atomic mass is 9.94. The van der Waals surface area contributed by atoms with Crippen molar-refractivity contribution in [2.24, 2.45) is 0 Å². The fraction of sp³-hybridized carbons (Fsp3) is 0.250. The Hall–Kier alpha value is -3.26. The van der Waals surface area contributed by atoms with E-state index in [0.29, 0.717) is 23.8 Å². The first-order chi connectivity index (χ1) is 14.0. The average Bonchev–Trinajstić information content (AvgIpc) is 3.21. The van der Waals surface area contributed by atoms with Gasteiger partial charge in [-0.05, 0) is 40.6 Å². The van der Waals surface area contributed by atoms with Gasteiger partial charge in [0.2, 0.25) is 11.7 Å². The van der Waals surface area contributed by atoms with Crippen LogP contribution in [0.15, 0.2) is 48.5 Å². The van der Waals surface area contributed by atoms with E-state index in [0.717, 1.165) is 16.7 Å². The second-order valence-electron chi connectivity index (χ2n) is 6.68. The third-order valence-electron chi connectivity index (χ3n) is 4.87. The van der Waals surface area contributed by atoms with Gasteiger partial charge in [0.25, 0.3) is 0 Å². The van der Waals surface area contributed by atoms with Gasteiger partial charge >= 0.3 is 5.97 Å². The summed E-state index contributed by atoms with van der Waals surface area (Å²) in [4.78, 5) is 28.0. The van der Waals surface area contributed by atoms with Crippen molar-refractivity contribution in [3.63, 3.8) is 0 Å². The third kappa shape index (κ3) is 3.97. The summed E-state index contributed by atoms with van der Waals surface area (Å²) >= 11 is 5.90. The summed E-state index contributed by atoms with van der Waals surface area (Å²) in [5, 5.41) is 12.8. The number of aromatic nitrogens is 4. The highest BCUT2D eigenvalue weighted by Gasteiger charge is 2.35. The SMILES string of the molecule is COC(=O)C1Cc2ccccc2CN1C(=O)Cn1nnc(-c2ccc(Cl)cc2)n1. The number of ether oxygens (including phenoxy) is 1. The molecule has 8 nitrogen and oxygen atoms in total. The Balaban J connectivity index is 1.54. The number of rotatable bonds is 4. The van der Waals surface area contributed by atoms with Gasteiger partial charge in [0.05, 0.1) is 7.11 Å². The standard InChI is InChI=1S/C20H18ClN5O3/c1-29-20(28)17-10-14-4-2-3-5-15(14)11-25(17)18(27)12-26-23-19(22-24-26)13-6-8-16(21)9-7-13/h2-9,17H,10-12H2,1H3. The molecule has 2 aromatic carbocycles. The van der Waals surface area contributed by atoms with Crippen LogP contribution in [0.25, 0.3) is 11.4 Å². The molecule has 1 atom stereocenters. The molecule has 0 saturated carbocycles. The zero-order valence-corrected chi connectivity index (χ0v) is 16.4. The molecule has 0 radical (unpaired) electrons. The highest BCUT2D eigenvalue weighted by molar-refractivity contribution is 6.30. The number of benzene rings is 2. The molecule has 1 amide bonds. The average molecular weight is 412 g/mol. The Labute approximate surface area is 172 Å². The van der Waals surface area contributed by atoms with E-state index in [1.165, 1.54) is 16.8 Å². The minimum Gasteiger partial charge on any atom is -0.467 e. The first-order valence-corrected chi connectivity index (χ1v) is 9.41. The summed E-state index contributed by atoms with van der Waals surface area (Å²) in [7, 11) is 1.32. The van der Waals surface area contributed by atoms with Gasteiger partial charge in [-0.15, -0.1) is 10.2 Å². The van der Waals surface area contributed by atoms with Gasteiger partial charge in [0.15, 0.2) is 0 Å². The van der Waals surface area contributed by atoms with Gasteiger partial charge in [-0.25, -0.2) is 4.79 Å². The summed E-state index contributed by atoms with van der Waals surface area (Å²) in [6.45, 7) is 0.198. The van der Waals surface area contributed by atoms with Crippen LogP contribution in [0.3, 0.4) is 0 Å². The Kier molecular flexibility index (Phi) is 5.26. The highest BCUT2D eigenvalue weighted by atomic mass is 35.5. The number of fused-ring (bicyclic) bond motifs is 1. The Morgan fingerprint density at radius 3 is 2.59 bits per heavy atom. The molecule has 0 fully saturated rings. The highest BCUT2D eigenvalue weighted by Crippen LogP contribution is 2.24. The summed E-state index contributed by atoms with van der Waals surface area (Å²) in [6.07, 6.45) is 0.412. The summed E-state index contributed by atoms with van der Waals surface area (Å²) in [5.41, 5.74) is 2.79. The van der Waals surface area contributed by atoms with Crippen LogP contribution in [-0.2, 0) is 33.8 Å². The van der Waals surface area contributed by atoms with Crippen molar-refractivity contribution in [3.05, 3.63) is 64.7 Å². The van der Waals surface area contributed by atoms with Crippen LogP contribution in [0.4, 0.5) is 0 Å².